The highest BCUT2D eigenvalue weighted by atomic mass is 16.2. The first-order chi connectivity index (χ1) is 5.79. The summed E-state index contributed by atoms with van der Waals surface area (Å²) in [4.78, 5) is 13.3. The zero-order chi connectivity index (χ0) is 8.97. The van der Waals surface area contributed by atoms with E-state index in [4.69, 9.17) is 0 Å². The molecule has 0 saturated carbocycles. The Bertz CT molecular complexity index is 177. The lowest BCUT2D eigenvalue weighted by Gasteiger charge is -2.22. The van der Waals surface area contributed by atoms with Gasteiger partial charge in [0.15, 0.2) is 0 Å². The first-order valence-corrected chi connectivity index (χ1v) is 4.72. The average molecular weight is 167 g/mol. The van der Waals surface area contributed by atoms with Gasteiger partial charge in [0, 0.05) is 12.6 Å². The van der Waals surface area contributed by atoms with Crippen molar-refractivity contribution in [3.05, 3.63) is 12.7 Å². The monoisotopic (exact) mass is 167 g/mol. The predicted molar refractivity (Wildman–Crippen MR) is 49.8 cm³/mol. The van der Waals surface area contributed by atoms with Crippen LogP contribution in [0.5, 0.6) is 0 Å². The van der Waals surface area contributed by atoms with Crippen LogP contribution in [-0.4, -0.2) is 23.4 Å². The van der Waals surface area contributed by atoms with Crippen molar-refractivity contribution in [2.45, 2.75) is 38.6 Å². The number of carbonyl (C=O) groups excluding carboxylic acids is 1. The van der Waals surface area contributed by atoms with Gasteiger partial charge in [-0.25, -0.2) is 0 Å². The average Bonchev–Trinajstić information content (AvgIpc) is 2.52. The molecule has 0 spiro atoms. The Kier molecular flexibility index (Phi) is 3.32. The van der Waals surface area contributed by atoms with Gasteiger partial charge in [0.1, 0.15) is 0 Å². The fourth-order valence-electron chi connectivity index (χ4n) is 1.88. The minimum Gasteiger partial charge on any atom is -0.336 e. The molecule has 1 aliphatic rings. The van der Waals surface area contributed by atoms with E-state index in [2.05, 4.69) is 13.5 Å². The molecule has 1 unspecified atom stereocenters. The molecule has 1 atom stereocenters. The lowest BCUT2D eigenvalue weighted by molar-refractivity contribution is -0.126. The van der Waals surface area contributed by atoms with Gasteiger partial charge in [-0.2, -0.15) is 0 Å². The van der Waals surface area contributed by atoms with Crippen molar-refractivity contribution in [1.29, 1.82) is 0 Å². The van der Waals surface area contributed by atoms with Gasteiger partial charge in [-0.3, -0.25) is 4.79 Å². The first-order valence-electron chi connectivity index (χ1n) is 4.72. The number of carbonyl (C=O) groups is 1. The number of likely N-dealkylation sites (tertiary alicyclic amines) is 1. The van der Waals surface area contributed by atoms with E-state index in [1.165, 1.54) is 12.5 Å². The van der Waals surface area contributed by atoms with E-state index < -0.39 is 0 Å². The summed E-state index contributed by atoms with van der Waals surface area (Å²) in [6.45, 7) is 6.60. The molecule has 0 aromatic carbocycles. The highest BCUT2D eigenvalue weighted by molar-refractivity contribution is 5.87. The Labute approximate surface area is 74.2 Å². The van der Waals surface area contributed by atoms with E-state index >= 15 is 0 Å². The highest BCUT2D eigenvalue weighted by Crippen LogP contribution is 2.21. The summed E-state index contributed by atoms with van der Waals surface area (Å²) in [6.07, 6.45) is 6.05. The van der Waals surface area contributed by atoms with E-state index in [-0.39, 0.29) is 5.91 Å². The Morgan fingerprint density at radius 3 is 3.08 bits per heavy atom. The maximum atomic E-state index is 11.3. The van der Waals surface area contributed by atoms with Gasteiger partial charge >= 0.3 is 0 Å². The SMILES string of the molecule is C=CC(=O)N1CCCC1CCC. The van der Waals surface area contributed by atoms with Gasteiger partial charge < -0.3 is 4.90 Å². The first kappa shape index (κ1) is 9.30. The molecule has 1 fully saturated rings. The maximum absolute atomic E-state index is 11.3. The fourth-order valence-corrected chi connectivity index (χ4v) is 1.88. The molecule has 0 aliphatic carbocycles. The summed E-state index contributed by atoms with van der Waals surface area (Å²) in [7, 11) is 0. The topological polar surface area (TPSA) is 20.3 Å². The van der Waals surface area contributed by atoms with Gasteiger partial charge in [-0.1, -0.05) is 19.9 Å². The van der Waals surface area contributed by atoms with E-state index in [0.717, 1.165) is 25.8 Å². The number of rotatable bonds is 3. The van der Waals surface area contributed by atoms with Crippen LogP contribution in [-0.2, 0) is 4.79 Å². The molecule has 0 bridgehead atoms. The van der Waals surface area contributed by atoms with Gasteiger partial charge in [-0.05, 0) is 25.3 Å². The van der Waals surface area contributed by atoms with E-state index in [0.29, 0.717) is 6.04 Å². The number of hydrogen-bond acceptors (Lipinski definition) is 1. The van der Waals surface area contributed by atoms with Crippen LogP contribution >= 0.6 is 0 Å². The van der Waals surface area contributed by atoms with Crippen molar-refractivity contribution < 1.29 is 4.79 Å². The zero-order valence-corrected chi connectivity index (χ0v) is 7.75. The van der Waals surface area contributed by atoms with Crippen molar-refractivity contribution in [3.63, 3.8) is 0 Å². The fraction of sp³-hybridized carbons (Fsp3) is 0.700. The van der Waals surface area contributed by atoms with Crippen molar-refractivity contribution >= 4 is 5.91 Å². The summed E-state index contributed by atoms with van der Waals surface area (Å²) in [6, 6.07) is 0.487. The lowest BCUT2D eigenvalue weighted by Crippen LogP contribution is -2.33. The second-order valence-electron chi connectivity index (χ2n) is 3.32. The molecule has 0 N–H and O–H groups in total. The molecule has 68 valence electrons. The molecule has 2 heteroatoms. The van der Waals surface area contributed by atoms with Gasteiger partial charge in [0.2, 0.25) is 5.91 Å². The van der Waals surface area contributed by atoms with E-state index in [9.17, 15) is 4.79 Å². The van der Waals surface area contributed by atoms with Crippen LogP contribution in [0.3, 0.4) is 0 Å². The van der Waals surface area contributed by atoms with Crippen molar-refractivity contribution in [1.82, 2.24) is 4.90 Å². The summed E-state index contributed by atoms with van der Waals surface area (Å²) >= 11 is 0. The van der Waals surface area contributed by atoms with Crippen LogP contribution < -0.4 is 0 Å². The van der Waals surface area contributed by atoms with E-state index in [1.54, 1.807) is 0 Å². The summed E-state index contributed by atoms with van der Waals surface area (Å²) in [5.74, 6) is 0.103. The summed E-state index contributed by atoms with van der Waals surface area (Å²) in [5.41, 5.74) is 0. The second-order valence-corrected chi connectivity index (χ2v) is 3.32. The molecular weight excluding hydrogens is 150 g/mol. The Morgan fingerprint density at radius 2 is 2.50 bits per heavy atom. The third-order valence-electron chi connectivity index (χ3n) is 2.46. The zero-order valence-electron chi connectivity index (χ0n) is 7.75. The molecule has 2 nitrogen and oxygen atoms in total. The molecule has 1 amide bonds. The van der Waals surface area contributed by atoms with Crippen LogP contribution in [0.25, 0.3) is 0 Å². The molecule has 1 saturated heterocycles. The molecule has 0 aromatic heterocycles. The number of nitrogens with zero attached hydrogens (tertiary/aromatic N) is 1. The maximum Gasteiger partial charge on any atom is 0.246 e. The minimum absolute atomic E-state index is 0.103. The Balaban J connectivity index is 2.51. The normalized spacial score (nSPS) is 22.8. The number of hydrogen-bond donors (Lipinski definition) is 0. The third kappa shape index (κ3) is 1.87. The second kappa shape index (κ2) is 4.29. The molecular formula is C10H17NO. The van der Waals surface area contributed by atoms with Crippen molar-refractivity contribution in [3.8, 4) is 0 Å². The predicted octanol–water partition coefficient (Wildman–Crippen LogP) is 1.96. The molecule has 12 heavy (non-hydrogen) atoms. The summed E-state index contributed by atoms with van der Waals surface area (Å²) < 4.78 is 0. The van der Waals surface area contributed by atoms with Crippen molar-refractivity contribution in [2.75, 3.05) is 6.54 Å². The number of amides is 1. The standard InChI is InChI=1S/C10H17NO/c1-3-6-9-7-5-8-11(9)10(12)4-2/h4,9H,2-3,5-8H2,1H3. The van der Waals surface area contributed by atoms with Gasteiger partial charge in [-0.15, -0.1) is 0 Å². The highest BCUT2D eigenvalue weighted by Gasteiger charge is 2.25. The quantitative estimate of drug-likeness (QED) is 0.588. The van der Waals surface area contributed by atoms with Crippen LogP contribution in [0.4, 0.5) is 0 Å². The lowest BCUT2D eigenvalue weighted by atomic mass is 10.1. The Hall–Kier alpha value is -0.790. The van der Waals surface area contributed by atoms with Crippen LogP contribution in [0.15, 0.2) is 12.7 Å². The third-order valence-corrected chi connectivity index (χ3v) is 2.46. The van der Waals surface area contributed by atoms with E-state index in [1.807, 2.05) is 4.90 Å². The van der Waals surface area contributed by atoms with Crippen LogP contribution in [0.2, 0.25) is 0 Å². The largest absolute Gasteiger partial charge is 0.336 e. The van der Waals surface area contributed by atoms with Crippen molar-refractivity contribution in [2.24, 2.45) is 0 Å². The van der Waals surface area contributed by atoms with Crippen LogP contribution in [0.1, 0.15) is 32.6 Å². The molecule has 1 heterocycles. The van der Waals surface area contributed by atoms with Gasteiger partial charge in [0.25, 0.3) is 0 Å². The van der Waals surface area contributed by atoms with Gasteiger partial charge in [0.05, 0.1) is 0 Å². The Morgan fingerprint density at radius 1 is 1.75 bits per heavy atom. The smallest absolute Gasteiger partial charge is 0.246 e. The van der Waals surface area contributed by atoms with Crippen LogP contribution in [0, 0.1) is 0 Å². The molecule has 0 radical (unpaired) electrons. The molecule has 0 aromatic rings. The minimum atomic E-state index is 0.103. The molecule has 1 rings (SSSR count). The summed E-state index contributed by atoms with van der Waals surface area (Å²) in [5, 5.41) is 0. The molecule has 1 aliphatic heterocycles.